The molecule has 0 fully saturated rings. The monoisotopic (exact) mass is 237 g/mol. The first kappa shape index (κ1) is 11.0. The van der Waals surface area contributed by atoms with E-state index >= 15 is 0 Å². The number of hydrogen-bond acceptors (Lipinski definition) is 1. The summed E-state index contributed by atoms with van der Waals surface area (Å²) in [5, 5.41) is 2.92. The topological polar surface area (TPSA) is 29.1 Å². The van der Waals surface area contributed by atoms with Crippen molar-refractivity contribution in [3.63, 3.8) is 0 Å². The first-order valence-electron chi connectivity index (χ1n) is 6.31. The maximum absolute atomic E-state index is 11.8. The third-order valence-electron chi connectivity index (χ3n) is 3.37. The van der Waals surface area contributed by atoms with Crippen molar-refractivity contribution in [1.29, 1.82) is 0 Å². The summed E-state index contributed by atoms with van der Waals surface area (Å²) < 4.78 is 0. The quantitative estimate of drug-likeness (QED) is 0.811. The summed E-state index contributed by atoms with van der Waals surface area (Å²) in [4.78, 5) is 11.8. The molecule has 18 heavy (non-hydrogen) atoms. The molecule has 0 atom stereocenters. The van der Waals surface area contributed by atoms with Crippen molar-refractivity contribution in [3.8, 4) is 11.1 Å². The van der Waals surface area contributed by atoms with Crippen LogP contribution >= 0.6 is 0 Å². The molecule has 1 heterocycles. The third-order valence-corrected chi connectivity index (χ3v) is 3.37. The largest absolute Gasteiger partial charge is 0.352 e. The molecule has 0 saturated carbocycles. The Kier molecular flexibility index (Phi) is 2.85. The maximum Gasteiger partial charge on any atom is 0.251 e. The van der Waals surface area contributed by atoms with E-state index in [4.69, 9.17) is 0 Å². The third kappa shape index (κ3) is 2.02. The molecule has 0 saturated heterocycles. The van der Waals surface area contributed by atoms with Gasteiger partial charge in [-0.1, -0.05) is 42.5 Å². The minimum atomic E-state index is 0.0575. The van der Waals surface area contributed by atoms with E-state index in [1.54, 1.807) is 0 Å². The predicted octanol–water partition coefficient (Wildman–Crippen LogP) is 3.03. The van der Waals surface area contributed by atoms with E-state index in [1.807, 2.05) is 30.3 Å². The van der Waals surface area contributed by atoms with Gasteiger partial charge >= 0.3 is 0 Å². The van der Waals surface area contributed by atoms with E-state index < -0.39 is 0 Å². The number of benzene rings is 2. The van der Waals surface area contributed by atoms with Gasteiger partial charge in [-0.05, 0) is 35.6 Å². The van der Waals surface area contributed by atoms with Crippen LogP contribution in [-0.2, 0) is 6.42 Å². The smallest absolute Gasteiger partial charge is 0.251 e. The summed E-state index contributed by atoms with van der Waals surface area (Å²) in [6, 6.07) is 16.4. The van der Waals surface area contributed by atoms with Crippen molar-refractivity contribution >= 4 is 5.91 Å². The second-order valence-electron chi connectivity index (χ2n) is 4.60. The number of amides is 1. The molecule has 1 N–H and O–H groups in total. The van der Waals surface area contributed by atoms with E-state index in [0.717, 1.165) is 30.5 Å². The van der Waals surface area contributed by atoms with E-state index in [-0.39, 0.29) is 5.91 Å². The standard InChI is InChI=1S/C16H15NO/c18-16-15-9-8-13(12-5-2-1-3-6-12)11-14(15)7-4-10-17-16/h1-3,5-6,8-9,11H,4,7,10H2,(H,17,18). The molecule has 0 aliphatic carbocycles. The molecule has 1 aliphatic heterocycles. The van der Waals surface area contributed by atoms with Crippen LogP contribution in [0.4, 0.5) is 0 Å². The lowest BCUT2D eigenvalue weighted by Gasteiger charge is -2.08. The van der Waals surface area contributed by atoms with E-state index in [1.165, 1.54) is 11.1 Å². The van der Waals surface area contributed by atoms with Gasteiger partial charge in [0.15, 0.2) is 0 Å². The van der Waals surface area contributed by atoms with Crippen LogP contribution in [0, 0.1) is 0 Å². The average Bonchev–Trinajstić information content (AvgIpc) is 2.61. The average molecular weight is 237 g/mol. The zero-order chi connectivity index (χ0) is 12.4. The molecule has 0 aromatic heterocycles. The number of carbonyl (C=O) groups is 1. The summed E-state index contributed by atoms with van der Waals surface area (Å²) >= 11 is 0. The van der Waals surface area contributed by atoms with Gasteiger partial charge < -0.3 is 5.32 Å². The molecule has 3 rings (SSSR count). The Morgan fingerprint density at radius 1 is 0.944 bits per heavy atom. The second kappa shape index (κ2) is 4.65. The van der Waals surface area contributed by atoms with Gasteiger partial charge in [-0.2, -0.15) is 0 Å². The van der Waals surface area contributed by atoms with Crippen molar-refractivity contribution in [3.05, 3.63) is 59.7 Å². The molecule has 1 amide bonds. The second-order valence-corrected chi connectivity index (χ2v) is 4.60. The minimum Gasteiger partial charge on any atom is -0.352 e. The molecule has 90 valence electrons. The maximum atomic E-state index is 11.8. The molecule has 2 aromatic rings. The number of aryl methyl sites for hydroxylation is 1. The molecular weight excluding hydrogens is 222 g/mol. The number of nitrogens with one attached hydrogen (secondary N) is 1. The van der Waals surface area contributed by atoms with Gasteiger partial charge in [-0.25, -0.2) is 0 Å². The normalized spacial score (nSPS) is 14.6. The summed E-state index contributed by atoms with van der Waals surface area (Å²) in [5.74, 6) is 0.0575. The highest BCUT2D eigenvalue weighted by molar-refractivity contribution is 5.96. The molecule has 0 bridgehead atoms. The Morgan fingerprint density at radius 2 is 1.78 bits per heavy atom. The lowest BCUT2D eigenvalue weighted by atomic mass is 9.97. The van der Waals surface area contributed by atoms with Crippen molar-refractivity contribution < 1.29 is 4.79 Å². The Bertz CT molecular complexity index is 575. The molecule has 2 nitrogen and oxygen atoms in total. The van der Waals surface area contributed by atoms with Crippen LogP contribution in [0.25, 0.3) is 11.1 Å². The summed E-state index contributed by atoms with van der Waals surface area (Å²) in [7, 11) is 0. The van der Waals surface area contributed by atoms with Crippen LogP contribution < -0.4 is 5.32 Å². The zero-order valence-electron chi connectivity index (χ0n) is 10.1. The van der Waals surface area contributed by atoms with E-state index in [0.29, 0.717) is 0 Å². The zero-order valence-corrected chi connectivity index (χ0v) is 10.1. The number of carbonyl (C=O) groups excluding carboxylic acids is 1. The fourth-order valence-corrected chi connectivity index (χ4v) is 2.41. The Morgan fingerprint density at radius 3 is 2.61 bits per heavy atom. The van der Waals surface area contributed by atoms with Crippen molar-refractivity contribution in [2.75, 3.05) is 6.54 Å². The number of hydrogen-bond donors (Lipinski definition) is 1. The van der Waals surface area contributed by atoms with Crippen LogP contribution in [0.1, 0.15) is 22.3 Å². The fourth-order valence-electron chi connectivity index (χ4n) is 2.41. The predicted molar refractivity (Wildman–Crippen MR) is 72.5 cm³/mol. The molecule has 0 unspecified atom stereocenters. The molecule has 2 aromatic carbocycles. The van der Waals surface area contributed by atoms with Crippen LogP contribution in [0.3, 0.4) is 0 Å². The van der Waals surface area contributed by atoms with Gasteiger partial charge in [0.25, 0.3) is 5.91 Å². The summed E-state index contributed by atoms with van der Waals surface area (Å²) in [5.41, 5.74) is 4.37. The van der Waals surface area contributed by atoms with Crippen LogP contribution in [0.2, 0.25) is 0 Å². The highest BCUT2D eigenvalue weighted by Gasteiger charge is 2.15. The van der Waals surface area contributed by atoms with Gasteiger partial charge in [-0.15, -0.1) is 0 Å². The van der Waals surface area contributed by atoms with Crippen molar-refractivity contribution in [1.82, 2.24) is 5.32 Å². The van der Waals surface area contributed by atoms with Crippen LogP contribution in [0.15, 0.2) is 48.5 Å². The first-order chi connectivity index (χ1) is 8.84. The number of rotatable bonds is 1. The van der Waals surface area contributed by atoms with Crippen LogP contribution in [-0.4, -0.2) is 12.5 Å². The van der Waals surface area contributed by atoms with Gasteiger partial charge in [-0.3, -0.25) is 4.79 Å². The highest BCUT2D eigenvalue weighted by Crippen LogP contribution is 2.24. The van der Waals surface area contributed by atoms with Crippen LogP contribution in [0.5, 0.6) is 0 Å². The van der Waals surface area contributed by atoms with E-state index in [2.05, 4.69) is 23.5 Å². The highest BCUT2D eigenvalue weighted by atomic mass is 16.1. The van der Waals surface area contributed by atoms with Gasteiger partial charge in [0.2, 0.25) is 0 Å². The molecular formula is C16H15NO. The first-order valence-corrected chi connectivity index (χ1v) is 6.31. The number of fused-ring (bicyclic) bond motifs is 1. The lowest BCUT2D eigenvalue weighted by Crippen LogP contribution is -2.22. The Labute approximate surface area is 107 Å². The van der Waals surface area contributed by atoms with Gasteiger partial charge in [0.1, 0.15) is 0 Å². The SMILES string of the molecule is O=C1NCCCc2cc(-c3ccccc3)ccc21. The van der Waals surface area contributed by atoms with E-state index in [9.17, 15) is 4.79 Å². The lowest BCUT2D eigenvalue weighted by molar-refractivity contribution is 0.0956. The van der Waals surface area contributed by atoms with Crippen molar-refractivity contribution in [2.24, 2.45) is 0 Å². The Balaban J connectivity index is 2.06. The minimum absolute atomic E-state index is 0.0575. The summed E-state index contributed by atoms with van der Waals surface area (Å²) in [6.45, 7) is 0.772. The molecule has 0 spiro atoms. The fraction of sp³-hybridized carbons (Fsp3) is 0.188. The molecule has 2 heteroatoms. The van der Waals surface area contributed by atoms with Crippen molar-refractivity contribution in [2.45, 2.75) is 12.8 Å². The van der Waals surface area contributed by atoms with Gasteiger partial charge in [0, 0.05) is 12.1 Å². The molecule has 0 radical (unpaired) electrons. The Hall–Kier alpha value is -2.09. The molecule has 1 aliphatic rings. The van der Waals surface area contributed by atoms with Gasteiger partial charge in [0.05, 0.1) is 0 Å². The summed E-state index contributed by atoms with van der Waals surface area (Å²) in [6.07, 6.45) is 1.98.